The quantitative estimate of drug-likeness (QED) is 0.617. The summed E-state index contributed by atoms with van der Waals surface area (Å²) in [5.41, 5.74) is 1.67. The maximum Gasteiger partial charge on any atom is 0.261 e. The van der Waals surface area contributed by atoms with Gasteiger partial charge in [0.2, 0.25) is 0 Å². The molecule has 3 aromatic rings. The molecule has 0 spiro atoms. The monoisotopic (exact) mass is 355 g/mol. The third-order valence-electron chi connectivity index (χ3n) is 4.80. The molecule has 2 heterocycles. The Morgan fingerprint density at radius 3 is 2.64 bits per heavy atom. The lowest BCUT2D eigenvalue weighted by atomic mass is 9.95. The fraction of sp³-hybridized carbons (Fsp3) is 0.333. The summed E-state index contributed by atoms with van der Waals surface area (Å²) >= 11 is 1.21. The zero-order valence-corrected chi connectivity index (χ0v) is 14.7. The van der Waals surface area contributed by atoms with Crippen LogP contribution >= 0.6 is 11.9 Å². The molecule has 1 aromatic carbocycles. The number of hydrogen-bond acceptors (Lipinski definition) is 5. The van der Waals surface area contributed by atoms with Gasteiger partial charge in [0.15, 0.2) is 5.82 Å². The van der Waals surface area contributed by atoms with E-state index in [0.29, 0.717) is 17.2 Å². The van der Waals surface area contributed by atoms with Crippen LogP contribution in [0, 0.1) is 0 Å². The first-order valence-corrected chi connectivity index (χ1v) is 9.48. The molecule has 0 bridgehead atoms. The van der Waals surface area contributed by atoms with Crippen molar-refractivity contribution in [1.82, 2.24) is 14.8 Å². The number of aromatic amines is 1. The van der Waals surface area contributed by atoms with Crippen LogP contribution < -0.4 is 16.0 Å². The second-order valence-corrected chi connectivity index (χ2v) is 7.13. The SMILES string of the molecule is NSc1ccc(Nc2nn(C3CCCCC3)c3cc[nH]c(=O)c23)cc1. The molecule has 0 unspecified atom stereocenters. The summed E-state index contributed by atoms with van der Waals surface area (Å²) in [6.07, 6.45) is 7.65. The average Bonchev–Trinajstić information content (AvgIpc) is 3.03. The maximum atomic E-state index is 12.4. The van der Waals surface area contributed by atoms with E-state index in [1.165, 1.54) is 31.2 Å². The number of aromatic nitrogens is 3. The molecule has 0 saturated heterocycles. The maximum absolute atomic E-state index is 12.4. The molecule has 0 atom stereocenters. The first kappa shape index (κ1) is 16.2. The third kappa shape index (κ3) is 3.17. The molecule has 1 aliphatic carbocycles. The second-order valence-electron chi connectivity index (χ2n) is 6.42. The topological polar surface area (TPSA) is 88.7 Å². The largest absolute Gasteiger partial charge is 0.338 e. The Hall–Kier alpha value is -2.25. The van der Waals surface area contributed by atoms with Gasteiger partial charge in [-0.25, -0.2) is 0 Å². The molecule has 2 aromatic heterocycles. The Morgan fingerprint density at radius 1 is 1.16 bits per heavy atom. The lowest BCUT2D eigenvalue weighted by Crippen LogP contribution is -2.14. The van der Waals surface area contributed by atoms with Crippen LogP contribution in [0.2, 0.25) is 0 Å². The van der Waals surface area contributed by atoms with Crippen molar-refractivity contribution in [2.75, 3.05) is 5.32 Å². The molecule has 0 radical (unpaired) electrons. The standard InChI is InChI=1S/C18H21N5OS/c19-25-14-8-6-12(7-9-14)21-17-16-15(10-11-20-18(16)24)23(22-17)13-4-2-1-3-5-13/h6-11,13H,1-5,19H2,(H,20,24)(H,21,22). The van der Waals surface area contributed by atoms with Crippen LogP contribution in [-0.2, 0) is 0 Å². The molecular weight excluding hydrogens is 334 g/mol. The number of nitrogens with zero attached hydrogens (tertiary/aromatic N) is 2. The molecule has 0 aliphatic heterocycles. The van der Waals surface area contributed by atoms with Crippen LogP contribution in [0.4, 0.5) is 11.5 Å². The number of benzene rings is 1. The summed E-state index contributed by atoms with van der Waals surface area (Å²) in [6, 6.07) is 10.1. The zero-order valence-electron chi connectivity index (χ0n) is 13.9. The molecule has 25 heavy (non-hydrogen) atoms. The van der Waals surface area contributed by atoms with Gasteiger partial charge in [-0.05, 0) is 55.1 Å². The summed E-state index contributed by atoms with van der Waals surface area (Å²) in [4.78, 5) is 16.2. The Kier molecular flexibility index (Phi) is 4.50. The molecule has 1 fully saturated rings. The van der Waals surface area contributed by atoms with E-state index in [1.54, 1.807) is 6.20 Å². The number of rotatable bonds is 4. The van der Waals surface area contributed by atoms with Gasteiger partial charge in [-0.15, -0.1) is 0 Å². The Morgan fingerprint density at radius 2 is 1.92 bits per heavy atom. The zero-order chi connectivity index (χ0) is 17.2. The molecular formula is C18H21N5OS. The highest BCUT2D eigenvalue weighted by Crippen LogP contribution is 2.32. The summed E-state index contributed by atoms with van der Waals surface area (Å²) in [6.45, 7) is 0. The average molecular weight is 355 g/mol. The molecule has 4 rings (SSSR count). The van der Waals surface area contributed by atoms with Crippen LogP contribution in [0.3, 0.4) is 0 Å². The van der Waals surface area contributed by atoms with Crippen molar-refractivity contribution in [3.63, 3.8) is 0 Å². The van der Waals surface area contributed by atoms with Crippen molar-refractivity contribution >= 4 is 34.4 Å². The highest BCUT2D eigenvalue weighted by atomic mass is 32.2. The smallest absolute Gasteiger partial charge is 0.261 e. The van der Waals surface area contributed by atoms with Crippen molar-refractivity contribution < 1.29 is 0 Å². The Balaban J connectivity index is 1.75. The minimum absolute atomic E-state index is 0.115. The van der Waals surface area contributed by atoms with Gasteiger partial charge in [-0.3, -0.25) is 14.6 Å². The minimum atomic E-state index is -0.115. The van der Waals surface area contributed by atoms with Gasteiger partial charge < -0.3 is 10.3 Å². The fourth-order valence-electron chi connectivity index (χ4n) is 3.54. The molecule has 0 amide bonds. The Labute approximate surface area is 149 Å². The van der Waals surface area contributed by atoms with Gasteiger partial charge in [-0.1, -0.05) is 19.3 Å². The first-order valence-electron chi connectivity index (χ1n) is 8.60. The lowest BCUT2D eigenvalue weighted by molar-refractivity contribution is 0.338. The van der Waals surface area contributed by atoms with Crippen LogP contribution in [0.1, 0.15) is 38.1 Å². The summed E-state index contributed by atoms with van der Waals surface area (Å²) in [5, 5.41) is 14.2. The van der Waals surface area contributed by atoms with E-state index in [-0.39, 0.29) is 5.56 Å². The van der Waals surface area contributed by atoms with Crippen molar-refractivity contribution in [2.45, 2.75) is 43.0 Å². The van der Waals surface area contributed by atoms with E-state index in [4.69, 9.17) is 10.2 Å². The minimum Gasteiger partial charge on any atom is -0.338 e. The number of nitrogens with one attached hydrogen (secondary N) is 2. The van der Waals surface area contributed by atoms with Gasteiger partial charge in [-0.2, -0.15) is 5.10 Å². The van der Waals surface area contributed by atoms with E-state index in [0.717, 1.165) is 28.9 Å². The summed E-state index contributed by atoms with van der Waals surface area (Å²) < 4.78 is 2.04. The van der Waals surface area contributed by atoms with E-state index in [9.17, 15) is 4.79 Å². The molecule has 130 valence electrons. The van der Waals surface area contributed by atoms with E-state index in [2.05, 4.69) is 10.3 Å². The lowest BCUT2D eigenvalue weighted by Gasteiger charge is -2.22. The molecule has 7 heteroatoms. The van der Waals surface area contributed by atoms with Gasteiger partial charge in [0.25, 0.3) is 5.56 Å². The van der Waals surface area contributed by atoms with Crippen LogP contribution in [-0.4, -0.2) is 14.8 Å². The number of fused-ring (bicyclic) bond motifs is 1. The number of nitrogens with two attached hydrogens (primary N) is 1. The van der Waals surface area contributed by atoms with Crippen LogP contribution in [0.25, 0.3) is 10.9 Å². The predicted octanol–water partition coefficient (Wildman–Crippen LogP) is 3.94. The number of anilines is 2. The van der Waals surface area contributed by atoms with Crippen molar-refractivity contribution in [3.8, 4) is 0 Å². The van der Waals surface area contributed by atoms with Crippen molar-refractivity contribution in [2.24, 2.45) is 5.14 Å². The summed E-state index contributed by atoms with van der Waals surface area (Å²) in [7, 11) is 0. The molecule has 6 nitrogen and oxygen atoms in total. The number of H-pyrrole nitrogens is 1. The normalized spacial score (nSPS) is 15.6. The highest BCUT2D eigenvalue weighted by molar-refractivity contribution is 7.97. The fourth-order valence-corrected chi connectivity index (χ4v) is 3.84. The number of hydrogen-bond donors (Lipinski definition) is 3. The highest BCUT2D eigenvalue weighted by Gasteiger charge is 2.21. The van der Waals surface area contributed by atoms with E-state index in [1.807, 2.05) is 35.0 Å². The third-order valence-corrected chi connectivity index (χ3v) is 5.35. The second kappa shape index (κ2) is 6.93. The van der Waals surface area contributed by atoms with Gasteiger partial charge in [0.1, 0.15) is 5.39 Å². The van der Waals surface area contributed by atoms with Crippen LogP contribution in [0.15, 0.2) is 46.2 Å². The van der Waals surface area contributed by atoms with Crippen molar-refractivity contribution in [1.29, 1.82) is 0 Å². The van der Waals surface area contributed by atoms with Crippen LogP contribution in [0.5, 0.6) is 0 Å². The van der Waals surface area contributed by atoms with Gasteiger partial charge in [0.05, 0.1) is 11.6 Å². The molecule has 1 aliphatic rings. The first-order chi connectivity index (χ1) is 12.3. The van der Waals surface area contributed by atoms with Gasteiger partial charge in [0, 0.05) is 16.8 Å². The number of pyridine rings is 1. The van der Waals surface area contributed by atoms with E-state index < -0.39 is 0 Å². The summed E-state index contributed by atoms with van der Waals surface area (Å²) in [5.74, 6) is 0.607. The molecule has 1 saturated carbocycles. The van der Waals surface area contributed by atoms with E-state index >= 15 is 0 Å². The Bertz CT molecular complexity index is 925. The van der Waals surface area contributed by atoms with Gasteiger partial charge >= 0.3 is 0 Å². The predicted molar refractivity (Wildman–Crippen MR) is 102 cm³/mol. The van der Waals surface area contributed by atoms with Crippen molar-refractivity contribution in [3.05, 3.63) is 46.9 Å². The molecule has 4 N–H and O–H groups in total.